The Morgan fingerprint density at radius 3 is 2.55 bits per heavy atom. The SMILES string of the molecule is CC(=O)c1c(F)cccc1N(CC(C)C)C1CCCC1. The fourth-order valence-electron chi connectivity index (χ4n) is 3.15. The Kier molecular flexibility index (Phi) is 4.79. The van der Waals surface area contributed by atoms with Gasteiger partial charge < -0.3 is 4.90 Å². The van der Waals surface area contributed by atoms with E-state index < -0.39 is 5.82 Å². The van der Waals surface area contributed by atoms with Gasteiger partial charge in [-0.25, -0.2) is 4.39 Å². The number of halogens is 1. The van der Waals surface area contributed by atoms with E-state index in [2.05, 4.69) is 18.7 Å². The summed E-state index contributed by atoms with van der Waals surface area (Å²) in [5.41, 5.74) is 1.03. The number of anilines is 1. The van der Waals surface area contributed by atoms with Crippen molar-refractivity contribution in [2.75, 3.05) is 11.4 Å². The van der Waals surface area contributed by atoms with Crippen molar-refractivity contribution in [1.82, 2.24) is 0 Å². The van der Waals surface area contributed by atoms with Crippen LogP contribution in [-0.4, -0.2) is 18.4 Å². The highest BCUT2D eigenvalue weighted by Crippen LogP contribution is 2.32. The molecule has 1 aromatic carbocycles. The van der Waals surface area contributed by atoms with Crippen LogP contribution >= 0.6 is 0 Å². The van der Waals surface area contributed by atoms with Crippen molar-refractivity contribution in [3.8, 4) is 0 Å². The molecule has 0 radical (unpaired) electrons. The van der Waals surface area contributed by atoms with E-state index in [0.29, 0.717) is 12.0 Å². The minimum Gasteiger partial charge on any atom is -0.368 e. The number of rotatable bonds is 5. The van der Waals surface area contributed by atoms with Crippen LogP contribution in [0.25, 0.3) is 0 Å². The molecule has 1 aromatic rings. The zero-order chi connectivity index (χ0) is 14.7. The molecule has 1 aliphatic carbocycles. The van der Waals surface area contributed by atoms with Gasteiger partial charge in [0.25, 0.3) is 0 Å². The smallest absolute Gasteiger partial charge is 0.164 e. The first kappa shape index (κ1) is 15.0. The topological polar surface area (TPSA) is 20.3 Å². The Hall–Kier alpha value is -1.38. The van der Waals surface area contributed by atoms with E-state index in [9.17, 15) is 9.18 Å². The van der Waals surface area contributed by atoms with Crippen molar-refractivity contribution in [1.29, 1.82) is 0 Å². The zero-order valence-corrected chi connectivity index (χ0v) is 12.7. The normalized spacial score (nSPS) is 15.8. The van der Waals surface area contributed by atoms with E-state index in [-0.39, 0.29) is 11.3 Å². The average molecular weight is 277 g/mol. The van der Waals surface area contributed by atoms with Crippen molar-refractivity contribution in [2.24, 2.45) is 5.92 Å². The third-order valence-electron chi connectivity index (χ3n) is 3.98. The molecule has 0 aromatic heterocycles. The zero-order valence-electron chi connectivity index (χ0n) is 12.7. The summed E-state index contributed by atoms with van der Waals surface area (Å²) in [4.78, 5) is 14.1. The highest BCUT2D eigenvalue weighted by molar-refractivity contribution is 6.00. The molecule has 0 amide bonds. The second kappa shape index (κ2) is 6.38. The van der Waals surface area contributed by atoms with E-state index in [1.54, 1.807) is 6.07 Å². The van der Waals surface area contributed by atoms with Gasteiger partial charge in [-0.05, 0) is 37.8 Å². The molecule has 1 saturated carbocycles. The number of benzene rings is 1. The van der Waals surface area contributed by atoms with Gasteiger partial charge in [-0.3, -0.25) is 4.79 Å². The van der Waals surface area contributed by atoms with Crippen LogP contribution in [0.1, 0.15) is 56.8 Å². The number of hydrogen-bond acceptors (Lipinski definition) is 2. The maximum atomic E-state index is 14.0. The van der Waals surface area contributed by atoms with Crippen LogP contribution in [0.4, 0.5) is 10.1 Å². The third-order valence-corrected chi connectivity index (χ3v) is 3.98. The Balaban J connectivity index is 2.42. The molecule has 0 unspecified atom stereocenters. The van der Waals surface area contributed by atoms with Crippen molar-refractivity contribution < 1.29 is 9.18 Å². The second-order valence-electron chi connectivity index (χ2n) is 6.17. The summed E-state index contributed by atoms with van der Waals surface area (Å²) in [6, 6.07) is 5.42. The number of carbonyl (C=O) groups is 1. The minimum atomic E-state index is -0.401. The number of ketones is 1. The number of hydrogen-bond donors (Lipinski definition) is 0. The maximum Gasteiger partial charge on any atom is 0.164 e. The van der Waals surface area contributed by atoms with Crippen molar-refractivity contribution >= 4 is 11.5 Å². The number of Topliss-reactive ketones (excluding diaryl/α,β-unsaturated/α-hetero) is 1. The first-order valence-corrected chi connectivity index (χ1v) is 7.56. The van der Waals surface area contributed by atoms with E-state index in [0.717, 1.165) is 25.1 Å². The number of nitrogens with zero attached hydrogens (tertiary/aromatic N) is 1. The van der Waals surface area contributed by atoms with Crippen LogP contribution < -0.4 is 4.90 Å². The van der Waals surface area contributed by atoms with Crippen LogP contribution in [0, 0.1) is 11.7 Å². The van der Waals surface area contributed by atoms with Gasteiger partial charge in [-0.1, -0.05) is 32.8 Å². The summed E-state index contributed by atoms with van der Waals surface area (Å²) >= 11 is 0. The van der Waals surface area contributed by atoms with Gasteiger partial charge in [0.05, 0.1) is 11.3 Å². The fraction of sp³-hybridized carbons (Fsp3) is 0.588. The molecule has 0 N–H and O–H groups in total. The predicted octanol–water partition coefficient (Wildman–Crippen LogP) is 4.43. The van der Waals surface area contributed by atoms with Gasteiger partial charge in [0.1, 0.15) is 5.82 Å². The lowest BCUT2D eigenvalue weighted by atomic mass is 10.0. The van der Waals surface area contributed by atoms with Crippen LogP contribution in [0.5, 0.6) is 0 Å². The Bertz CT molecular complexity index is 478. The molecule has 1 fully saturated rings. The quantitative estimate of drug-likeness (QED) is 0.742. The first-order chi connectivity index (χ1) is 9.50. The summed E-state index contributed by atoms with van der Waals surface area (Å²) in [6.45, 7) is 6.64. The number of carbonyl (C=O) groups excluding carboxylic acids is 1. The highest BCUT2D eigenvalue weighted by Gasteiger charge is 2.27. The van der Waals surface area contributed by atoms with E-state index in [1.807, 2.05) is 6.07 Å². The molecular formula is C17H24FNO. The lowest BCUT2D eigenvalue weighted by Crippen LogP contribution is -2.37. The molecule has 0 bridgehead atoms. The molecule has 0 atom stereocenters. The Morgan fingerprint density at radius 1 is 1.35 bits per heavy atom. The molecule has 0 saturated heterocycles. The largest absolute Gasteiger partial charge is 0.368 e. The van der Waals surface area contributed by atoms with Crippen LogP contribution in [0.15, 0.2) is 18.2 Å². The molecule has 20 heavy (non-hydrogen) atoms. The Morgan fingerprint density at radius 2 is 2.00 bits per heavy atom. The monoisotopic (exact) mass is 277 g/mol. The summed E-state index contributed by atoms with van der Waals surface area (Å²) in [7, 11) is 0. The van der Waals surface area contributed by atoms with Gasteiger partial charge in [-0.15, -0.1) is 0 Å². The molecule has 0 aliphatic heterocycles. The molecule has 110 valence electrons. The molecule has 0 heterocycles. The van der Waals surface area contributed by atoms with E-state index in [4.69, 9.17) is 0 Å². The van der Waals surface area contributed by atoms with E-state index in [1.165, 1.54) is 25.8 Å². The molecule has 1 aliphatic rings. The lowest BCUT2D eigenvalue weighted by molar-refractivity contribution is 0.101. The lowest BCUT2D eigenvalue weighted by Gasteiger charge is -2.34. The third kappa shape index (κ3) is 3.20. The predicted molar refractivity (Wildman–Crippen MR) is 80.8 cm³/mol. The van der Waals surface area contributed by atoms with Crippen molar-refractivity contribution in [3.63, 3.8) is 0 Å². The van der Waals surface area contributed by atoms with Gasteiger partial charge in [0.2, 0.25) is 0 Å². The van der Waals surface area contributed by atoms with Gasteiger partial charge in [-0.2, -0.15) is 0 Å². The van der Waals surface area contributed by atoms with Gasteiger partial charge in [0, 0.05) is 12.6 Å². The van der Waals surface area contributed by atoms with E-state index >= 15 is 0 Å². The highest BCUT2D eigenvalue weighted by atomic mass is 19.1. The minimum absolute atomic E-state index is 0.190. The van der Waals surface area contributed by atoms with Crippen LogP contribution in [0.3, 0.4) is 0 Å². The molecule has 2 rings (SSSR count). The van der Waals surface area contributed by atoms with Gasteiger partial charge in [0.15, 0.2) is 5.78 Å². The first-order valence-electron chi connectivity index (χ1n) is 7.56. The molecule has 3 heteroatoms. The standard InChI is InChI=1S/C17H24FNO/c1-12(2)11-19(14-7-4-5-8-14)16-10-6-9-15(18)17(16)13(3)20/h6,9-10,12,14H,4-5,7-8,11H2,1-3H3. The van der Waals surface area contributed by atoms with Crippen LogP contribution in [-0.2, 0) is 0 Å². The van der Waals surface area contributed by atoms with Crippen LogP contribution in [0.2, 0.25) is 0 Å². The molecule has 2 nitrogen and oxygen atoms in total. The summed E-state index contributed by atoms with van der Waals surface area (Å²) in [6.07, 6.45) is 4.73. The van der Waals surface area contributed by atoms with Crippen molar-refractivity contribution in [3.05, 3.63) is 29.6 Å². The molecule has 0 spiro atoms. The summed E-state index contributed by atoms with van der Waals surface area (Å²) < 4.78 is 14.0. The van der Waals surface area contributed by atoms with Crippen molar-refractivity contribution in [2.45, 2.75) is 52.5 Å². The summed E-state index contributed by atoms with van der Waals surface area (Å²) in [5, 5.41) is 0. The maximum absolute atomic E-state index is 14.0. The fourth-order valence-corrected chi connectivity index (χ4v) is 3.15. The Labute approximate surface area is 121 Å². The average Bonchev–Trinajstić information content (AvgIpc) is 2.88. The summed E-state index contributed by atoms with van der Waals surface area (Å²) in [5.74, 6) is -0.106. The second-order valence-corrected chi connectivity index (χ2v) is 6.17. The van der Waals surface area contributed by atoms with Gasteiger partial charge >= 0.3 is 0 Å². The molecular weight excluding hydrogens is 253 g/mol.